The van der Waals surface area contributed by atoms with Crippen LogP contribution in [0, 0.1) is 0 Å². The number of benzene rings is 1. The number of ether oxygens (including phenoxy) is 1. The predicted molar refractivity (Wildman–Crippen MR) is 47.6 cm³/mol. The predicted octanol–water partition coefficient (Wildman–Crippen LogP) is 2.31. The van der Waals surface area contributed by atoms with Gasteiger partial charge < -0.3 is 4.74 Å². The number of aldehydes is 1. The number of carbonyl (C=O) groups is 1. The van der Waals surface area contributed by atoms with Gasteiger partial charge in [0.2, 0.25) is 0 Å². The lowest BCUT2D eigenvalue weighted by atomic mass is 10.3. The van der Waals surface area contributed by atoms with E-state index in [0.717, 1.165) is 6.29 Å². The Hall–Kier alpha value is -1.02. The molecule has 0 spiro atoms. The van der Waals surface area contributed by atoms with Gasteiger partial charge >= 0.3 is 0 Å². The van der Waals surface area contributed by atoms with Crippen LogP contribution in [0.4, 0.5) is 0 Å². The van der Waals surface area contributed by atoms with Gasteiger partial charge in [0.1, 0.15) is 5.75 Å². The van der Waals surface area contributed by atoms with Gasteiger partial charge in [-0.25, -0.2) is 0 Å². The van der Waals surface area contributed by atoms with Crippen LogP contribution in [-0.4, -0.2) is 12.4 Å². The molecule has 1 rings (SSSR count). The Morgan fingerprint density at radius 2 is 2.00 bits per heavy atom. The Balaban J connectivity index is 2.64. The van der Waals surface area contributed by atoms with Gasteiger partial charge in [-0.3, -0.25) is 4.79 Å². The largest absolute Gasteiger partial charge is 0.483 e. The molecular formula is C9H9ClO2. The van der Waals surface area contributed by atoms with Crippen LogP contribution in [0.5, 0.6) is 5.75 Å². The summed E-state index contributed by atoms with van der Waals surface area (Å²) in [5.74, 6) is 0.652. The number of hydrogen-bond acceptors (Lipinski definition) is 2. The molecule has 1 aromatic carbocycles. The first-order valence-electron chi connectivity index (χ1n) is 3.60. The quantitative estimate of drug-likeness (QED) is 0.674. The maximum absolute atomic E-state index is 10.2. The summed E-state index contributed by atoms with van der Waals surface area (Å²) >= 11 is 5.66. The Kier molecular flexibility index (Phi) is 3.11. The normalized spacial score (nSPS) is 12.2. The standard InChI is InChI=1S/C9H9ClO2/c1-7(6-11)12-9-4-2-8(10)3-5-9/h2-7H,1H3/t7-/m1/s1. The van der Waals surface area contributed by atoms with Crippen molar-refractivity contribution in [3.63, 3.8) is 0 Å². The molecule has 0 radical (unpaired) electrons. The number of halogens is 1. The second kappa shape index (κ2) is 4.12. The number of carbonyl (C=O) groups excluding carboxylic acids is 1. The lowest BCUT2D eigenvalue weighted by Gasteiger charge is -2.07. The highest BCUT2D eigenvalue weighted by Crippen LogP contribution is 2.16. The van der Waals surface area contributed by atoms with Crippen LogP contribution in [0.3, 0.4) is 0 Å². The van der Waals surface area contributed by atoms with E-state index in [1.807, 2.05) is 0 Å². The fourth-order valence-electron chi connectivity index (χ4n) is 0.756. The SMILES string of the molecule is C[C@H](C=O)Oc1ccc(Cl)cc1. The van der Waals surface area contributed by atoms with Crippen LogP contribution >= 0.6 is 11.6 Å². The van der Waals surface area contributed by atoms with Gasteiger partial charge in [0.25, 0.3) is 0 Å². The molecule has 1 aromatic rings. The minimum atomic E-state index is -0.411. The maximum atomic E-state index is 10.2. The first kappa shape index (κ1) is 9.07. The minimum Gasteiger partial charge on any atom is -0.483 e. The van der Waals surface area contributed by atoms with E-state index in [-0.39, 0.29) is 0 Å². The second-order valence-corrected chi connectivity index (χ2v) is 2.85. The van der Waals surface area contributed by atoms with E-state index in [4.69, 9.17) is 16.3 Å². The summed E-state index contributed by atoms with van der Waals surface area (Å²) in [7, 11) is 0. The van der Waals surface area contributed by atoms with Gasteiger partial charge in [-0.15, -0.1) is 0 Å². The molecule has 0 amide bonds. The molecule has 0 bridgehead atoms. The Morgan fingerprint density at radius 3 is 2.50 bits per heavy atom. The molecule has 3 heteroatoms. The zero-order valence-corrected chi connectivity index (χ0v) is 7.41. The summed E-state index contributed by atoms with van der Waals surface area (Å²) in [6.07, 6.45) is 0.334. The van der Waals surface area contributed by atoms with E-state index in [2.05, 4.69) is 0 Å². The lowest BCUT2D eigenvalue weighted by Crippen LogP contribution is -2.12. The summed E-state index contributed by atoms with van der Waals surface area (Å²) in [6, 6.07) is 6.88. The topological polar surface area (TPSA) is 26.3 Å². The lowest BCUT2D eigenvalue weighted by molar-refractivity contribution is -0.113. The highest BCUT2D eigenvalue weighted by atomic mass is 35.5. The molecule has 64 valence electrons. The fraction of sp³-hybridized carbons (Fsp3) is 0.222. The van der Waals surface area contributed by atoms with Crippen molar-refractivity contribution in [1.29, 1.82) is 0 Å². The average Bonchev–Trinajstić information content (AvgIpc) is 2.09. The number of rotatable bonds is 3. The van der Waals surface area contributed by atoms with E-state index in [9.17, 15) is 4.79 Å². The molecule has 0 fully saturated rings. The van der Waals surface area contributed by atoms with Gasteiger partial charge in [-0.2, -0.15) is 0 Å². The van der Waals surface area contributed by atoms with Crippen LogP contribution in [-0.2, 0) is 4.79 Å². The van der Waals surface area contributed by atoms with Crippen molar-refractivity contribution in [3.05, 3.63) is 29.3 Å². The van der Waals surface area contributed by atoms with E-state index < -0.39 is 6.10 Å². The zero-order valence-electron chi connectivity index (χ0n) is 6.66. The van der Waals surface area contributed by atoms with Gasteiger partial charge in [0, 0.05) is 5.02 Å². The van der Waals surface area contributed by atoms with E-state index in [1.54, 1.807) is 31.2 Å². The third kappa shape index (κ3) is 2.55. The first-order chi connectivity index (χ1) is 5.72. The highest BCUT2D eigenvalue weighted by molar-refractivity contribution is 6.30. The second-order valence-electron chi connectivity index (χ2n) is 2.41. The summed E-state index contributed by atoms with van der Waals surface area (Å²) in [4.78, 5) is 10.2. The molecule has 0 heterocycles. The molecule has 0 unspecified atom stereocenters. The fourth-order valence-corrected chi connectivity index (χ4v) is 0.882. The molecule has 0 aliphatic rings. The molecule has 0 aromatic heterocycles. The summed E-state index contributed by atoms with van der Waals surface area (Å²) in [5, 5.41) is 0.654. The molecule has 2 nitrogen and oxygen atoms in total. The average molecular weight is 185 g/mol. The van der Waals surface area contributed by atoms with E-state index >= 15 is 0 Å². The van der Waals surface area contributed by atoms with Crippen LogP contribution in [0.15, 0.2) is 24.3 Å². The van der Waals surface area contributed by atoms with Crippen molar-refractivity contribution in [3.8, 4) is 5.75 Å². The Bertz CT molecular complexity index is 256. The van der Waals surface area contributed by atoms with Crippen molar-refractivity contribution >= 4 is 17.9 Å². The summed E-state index contributed by atoms with van der Waals surface area (Å²) in [5.41, 5.74) is 0. The molecule has 1 atom stereocenters. The first-order valence-corrected chi connectivity index (χ1v) is 3.97. The van der Waals surface area contributed by atoms with E-state index in [1.165, 1.54) is 0 Å². The summed E-state index contributed by atoms with van der Waals surface area (Å²) < 4.78 is 5.19. The van der Waals surface area contributed by atoms with Gasteiger partial charge in [-0.05, 0) is 31.2 Å². The van der Waals surface area contributed by atoms with E-state index in [0.29, 0.717) is 10.8 Å². The molecule has 0 saturated heterocycles. The molecule has 12 heavy (non-hydrogen) atoms. The van der Waals surface area contributed by atoms with Crippen molar-refractivity contribution in [2.24, 2.45) is 0 Å². The van der Waals surface area contributed by atoms with Gasteiger partial charge in [-0.1, -0.05) is 11.6 Å². The van der Waals surface area contributed by atoms with Crippen LogP contribution in [0.25, 0.3) is 0 Å². The smallest absolute Gasteiger partial charge is 0.160 e. The number of hydrogen-bond donors (Lipinski definition) is 0. The molecule has 0 saturated carbocycles. The molecular weight excluding hydrogens is 176 g/mol. The third-order valence-corrected chi connectivity index (χ3v) is 1.58. The van der Waals surface area contributed by atoms with Crippen LogP contribution in [0.1, 0.15) is 6.92 Å². The maximum Gasteiger partial charge on any atom is 0.160 e. The monoisotopic (exact) mass is 184 g/mol. The van der Waals surface area contributed by atoms with Gasteiger partial charge in [0.05, 0.1) is 0 Å². The van der Waals surface area contributed by atoms with Crippen molar-refractivity contribution in [1.82, 2.24) is 0 Å². The van der Waals surface area contributed by atoms with Crippen molar-refractivity contribution in [2.45, 2.75) is 13.0 Å². The molecule has 0 N–H and O–H groups in total. The highest BCUT2D eigenvalue weighted by Gasteiger charge is 2.00. The summed E-state index contributed by atoms with van der Waals surface area (Å²) in [6.45, 7) is 1.68. The van der Waals surface area contributed by atoms with Gasteiger partial charge in [0.15, 0.2) is 12.4 Å². The molecule has 0 aliphatic heterocycles. The third-order valence-electron chi connectivity index (χ3n) is 1.33. The van der Waals surface area contributed by atoms with Crippen LogP contribution < -0.4 is 4.74 Å². The Morgan fingerprint density at radius 1 is 1.42 bits per heavy atom. The van der Waals surface area contributed by atoms with Crippen LogP contribution in [0.2, 0.25) is 5.02 Å². The molecule has 0 aliphatic carbocycles. The minimum absolute atomic E-state index is 0.411. The Labute approximate surface area is 76.1 Å². The van der Waals surface area contributed by atoms with Crippen molar-refractivity contribution < 1.29 is 9.53 Å². The van der Waals surface area contributed by atoms with Crippen molar-refractivity contribution in [2.75, 3.05) is 0 Å². The zero-order chi connectivity index (χ0) is 8.97.